The van der Waals surface area contributed by atoms with Crippen LogP contribution in [0.25, 0.3) is 0 Å². The number of aromatic nitrogens is 3. The fourth-order valence-electron chi connectivity index (χ4n) is 2.85. The molecule has 0 saturated heterocycles. The van der Waals surface area contributed by atoms with Crippen molar-refractivity contribution in [2.24, 2.45) is 5.92 Å². The predicted octanol–water partition coefficient (Wildman–Crippen LogP) is 2.28. The third-order valence-corrected chi connectivity index (χ3v) is 4.03. The van der Waals surface area contributed by atoms with E-state index >= 15 is 0 Å². The molecule has 1 aromatic heterocycles. The predicted molar refractivity (Wildman–Crippen MR) is 66.6 cm³/mol. The zero-order valence-electron chi connectivity index (χ0n) is 10.6. The summed E-state index contributed by atoms with van der Waals surface area (Å²) in [4.78, 5) is 4.41. The minimum atomic E-state index is 0.581. The maximum atomic E-state index is 4.44. The highest BCUT2D eigenvalue weighted by Crippen LogP contribution is 2.32. The average Bonchev–Trinajstić information content (AvgIpc) is 3.04. The molecule has 0 amide bonds. The highest BCUT2D eigenvalue weighted by Gasteiger charge is 2.25. The van der Waals surface area contributed by atoms with Gasteiger partial charge in [0.15, 0.2) is 0 Å². The molecule has 17 heavy (non-hydrogen) atoms. The largest absolute Gasteiger partial charge is 0.307 e. The van der Waals surface area contributed by atoms with E-state index in [1.165, 1.54) is 38.5 Å². The van der Waals surface area contributed by atoms with Crippen molar-refractivity contribution in [1.82, 2.24) is 20.1 Å². The van der Waals surface area contributed by atoms with Crippen LogP contribution in [0, 0.1) is 5.92 Å². The first kappa shape index (κ1) is 11.2. The third kappa shape index (κ3) is 2.68. The first-order valence-corrected chi connectivity index (χ1v) is 6.94. The Morgan fingerprint density at radius 2 is 2.24 bits per heavy atom. The average molecular weight is 234 g/mol. The van der Waals surface area contributed by atoms with Crippen molar-refractivity contribution in [2.75, 3.05) is 0 Å². The van der Waals surface area contributed by atoms with E-state index in [-0.39, 0.29) is 0 Å². The van der Waals surface area contributed by atoms with E-state index in [0.29, 0.717) is 6.04 Å². The van der Waals surface area contributed by atoms with Crippen molar-refractivity contribution >= 4 is 0 Å². The second kappa shape index (κ2) is 4.77. The Hall–Kier alpha value is -0.900. The number of nitrogens with one attached hydrogen (secondary N) is 1. The van der Waals surface area contributed by atoms with Gasteiger partial charge in [-0.2, -0.15) is 5.10 Å². The SMILES string of the molecule is CC1CCCC(n2ncnc2CNC2CC2)C1. The number of rotatable bonds is 4. The highest BCUT2D eigenvalue weighted by atomic mass is 15.4. The van der Waals surface area contributed by atoms with Crippen molar-refractivity contribution in [1.29, 1.82) is 0 Å². The molecule has 0 aliphatic heterocycles. The van der Waals surface area contributed by atoms with Crippen LogP contribution in [-0.2, 0) is 6.54 Å². The first-order valence-electron chi connectivity index (χ1n) is 6.94. The zero-order valence-corrected chi connectivity index (χ0v) is 10.6. The molecule has 4 nitrogen and oxygen atoms in total. The molecule has 94 valence electrons. The summed E-state index contributed by atoms with van der Waals surface area (Å²) in [5.41, 5.74) is 0. The molecular formula is C13H22N4. The summed E-state index contributed by atoms with van der Waals surface area (Å²) in [6, 6.07) is 1.32. The molecule has 1 heterocycles. The molecule has 1 aromatic rings. The van der Waals surface area contributed by atoms with Gasteiger partial charge in [0.1, 0.15) is 12.2 Å². The molecule has 1 N–H and O–H groups in total. The minimum Gasteiger partial charge on any atom is -0.307 e. The Bertz CT molecular complexity index is 369. The summed E-state index contributed by atoms with van der Waals surface area (Å²) < 4.78 is 2.17. The van der Waals surface area contributed by atoms with E-state index in [1.54, 1.807) is 6.33 Å². The van der Waals surface area contributed by atoms with Gasteiger partial charge in [-0.05, 0) is 31.6 Å². The molecule has 2 atom stereocenters. The Labute approximate surface area is 103 Å². The smallest absolute Gasteiger partial charge is 0.141 e. The lowest BCUT2D eigenvalue weighted by molar-refractivity contribution is 0.260. The molecule has 2 fully saturated rings. The van der Waals surface area contributed by atoms with E-state index in [9.17, 15) is 0 Å². The van der Waals surface area contributed by atoms with E-state index in [2.05, 4.69) is 27.0 Å². The molecule has 0 spiro atoms. The molecule has 0 aromatic carbocycles. The highest BCUT2D eigenvalue weighted by molar-refractivity contribution is 4.92. The number of hydrogen-bond donors (Lipinski definition) is 1. The van der Waals surface area contributed by atoms with Gasteiger partial charge < -0.3 is 5.32 Å². The van der Waals surface area contributed by atoms with Crippen LogP contribution in [0.4, 0.5) is 0 Å². The van der Waals surface area contributed by atoms with Gasteiger partial charge in [-0.3, -0.25) is 0 Å². The minimum absolute atomic E-state index is 0.581. The summed E-state index contributed by atoms with van der Waals surface area (Å²) in [5, 5.41) is 7.96. The number of nitrogens with zero attached hydrogens (tertiary/aromatic N) is 3. The van der Waals surface area contributed by atoms with Gasteiger partial charge >= 0.3 is 0 Å². The van der Waals surface area contributed by atoms with Gasteiger partial charge in [0.2, 0.25) is 0 Å². The second-order valence-corrected chi connectivity index (χ2v) is 5.70. The second-order valence-electron chi connectivity index (χ2n) is 5.70. The van der Waals surface area contributed by atoms with Gasteiger partial charge in [0, 0.05) is 6.04 Å². The lowest BCUT2D eigenvalue weighted by atomic mass is 9.87. The molecule has 2 aliphatic carbocycles. The van der Waals surface area contributed by atoms with Crippen molar-refractivity contribution in [3.63, 3.8) is 0 Å². The molecule has 0 bridgehead atoms. The van der Waals surface area contributed by atoms with Crippen molar-refractivity contribution in [3.8, 4) is 0 Å². The van der Waals surface area contributed by atoms with Gasteiger partial charge in [0.05, 0.1) is 12.6 Å². The van der Waals surface area contributed by atoms with Crippen LogP contribution in [0.3, 0.4) is 0 Å². The third-order valence-electron chi connectivity index (χ3n) is 4.03. The molecule has 2 saturated carbocycles. The van der Waals surface area contributed by atoms with Crippen molar-refractivity contribution in [2.45, 2.75) is 64.1 Å². The molecule has 2 aliphatic rings. The van der Waals surface area contributed by atoms with Crippen LogP contribution in [0.15, 0.2) is 6.33 Å². The van der Waals surface area contributed by atoms with Crippen LogP contribution in [0.1, 0.15) is 57.3 Å². The molecular weight excluding hydrogens is 212 g/mol. The fraction of sp³-hybridized carbons (Fsp3) is 0.846. The van der Waals surface area contributed by atoms with E-state index < -0.39 is 0 Å². The normalized spacial score (nSPS) is 29.5. The summed E-state index contributed by atoms with van der Waals surface area (Å²) in [6.45, 7) is 3.24. The lowest BCUT2D eigenvalue weighted by Crippen LogP contribution is -2.24. The van der Waals surface area contributed by atoms with Crippen LogP contribution in [0.5, 0.6) is 0 Å². The Kier molecular flexibility index (Phi) is 3.14. The summed E-state index contributed by atoms with van der Waals surface area (Å²) in [5.74, 6) is 1.96. The summed E-state index contributed by atoms with van der Waals surface area (Å²) in [6.07, 6.45) is 9.61. The topological polar surface area (TPSA) is 42.7 Å². The maximum absolute atomic E-state index is 4.44. The van der Waals surface area contributed by atoms with Crippen LogP contribution >= 0.6 is 0 Å². The molecule has 2 unspecified atom stereocenters. The van der Waals surface area contributed by atoms with Gasteiger partial charge in [0.25, 0.3) is 0 Å². The van der Waals surface area contributed by atoms with Crippen molar-refractivity contribution in [3.05, 3.63) is 12.2 Å². The van der Waals surface area contributed by atoms with Gasteiger partial charge in [-0.25, -0.2) is 9.67 Å². The van der Waals surface area contributed by atoms with Crippen LogP contribution in [-0.4, -0.2) is 20.8 Å². The van der Waals surface area contributed by atoms with Crippen LogP contribution in [0.2, 0.25) is 0 Å². The Morgan fingerprint density at radius 3 is 3.00 bits per heavy atom. The monoisotopic (exact) mass is 234 g/mol. The van der Waals surface area contributed by atoms with Gasteiger partial charge in [-0.1, -0.05) is 19.8 Å². The van der Waals surface area contributed by atoms with Crippen LogP contribution < -0.4 is 5.32 Å². The summed E-state index contributed by atoms with van der Waals surface area (Å²) in [7, 11) is 0. The Morgan fingerprint density at radius 1 is 1.35 bits per heavy atom. The van der Waals surface area contributed by atoms with Crippen molar-refractivity contribution < 1.29 is 0 Å². The summed E-state index contributed by atoms with van der Waals surface area (Å²) >= 11 is 0. The Balaban J connectivity index is 1.66. The lowest BCUT2D eigenvalue weighted by Gasteiger charge is -2.27. The van der Waals surface area contributed by atoms with E-state index in [0.717, 1.165) is 24.3 Å². The first-order chi connectivity index (χ1) is 8.33. The molecule has 4 heteroatoms. The maximum Gasteiger partial charge on any atom is 0.141 e. The molecule has 0 radical (unpaired) electrons. The standard InChI is InChI=1S/C13H22N4/c1-10-3-2-4-12(7-10)17-13(15-9-16-17)8-14-11-5-6-11/h9-12,14H,2-8H2,1H3. The zero-order chi connectivity index (χ0) is 11.7. The fourth-order valence-corrected chi connectivity index (χ4v) is 2.85. The van der Waals surface area contributed by atoms with E-state index in [1.807, 2.05) is 0 Å². The quantitative estimate of drug-likeness (QED) is 0.869. The number of hydrogen-bond acceptors (Lipinski definition) is 3. The molecule has 3 rings (SSSR count). The van der Waals surface area contributed by atoms with Gasteiger partial charge in [-0.15, -0.1) is 0 Å². The van der Waals surface area contributed by atoms with E-state index in [4.69, 9.17) is 0 Å².